The van der Waals surface area contributed by atoms with E-state index in [0.717, 1.165) is 10.7 Å². The van der Waals surface area contributed by atoms with Crippen molar-refractivity contribution >= 4 is 46.8 Å². The van der Waals surface area contributed by atoms with E-state index < -0.39 is 18.8 Å². The number of aromatic nitrogens is 1. The van der Waals surface area contributed by atoms with Crippen LogP contribution in [0.4, 0.5) is 0 Å². The third kappa shape index (κ3) is 3.55. The summed E-state index contributed by atoms with van der Waals surface area (Å²) in [6.07, 6.45) is 1.63. The van der Waals surface area contributed by atoms with E-state index >= 15 is 0 Å². The molecule has 0 fully saturated rings. The van der Waals surface area contributed by atoms with Gasteiger partial charge in [0.25, 0.3) is 0 Å². The number of carbonyl (C=O) groups excluding carboxylic acids is 1. The minimum absolute atomic E-state index is 0.350. The van der Waals surface area contributed by atoms with Crippen LogP contribution < -0.4 is 10.7 Å². The number of thiazole rings is 1. The van der Waals surface area contributed by atoms with Gasteiger partial charge in [-0.05, 0) is 0 Å². The van der Waals surface area contributed by atoms with Gasteiger partial charge in [-0.3, -0.25) is 0 Å². The van der Waals surface area contributed by atoms with Gasteiger partial charge in [-0.25, -0.2) is 0 Å². The second-order valence-corrected chi connectivity index (χ2v) is 16.3. The van der Waals surface area contributed by atoms with Gasteiger partial charge < -0.3 is 0 Å². The third-order valence-electron chi connectivity index (χ3n) is 4.39. The van der Waals surface area contributed by atoms with Crippen molar-refractivity contribution in [2.45, 2.75) is 0 Å². The van der Waals surface area contributed by atoms with Crippen molar-refractivity contribution in [1.29, 1.82) is 0 Å². The number of benzene rings is 3. The summed E-state index contributed by atoms with van der Waals surface area (Å²) in [6, 6.07) is 30.4. The van der Waals surface area contributed by atoms with Gasteiger partial charge in [-0.15, -0.1) is 0 Å². The number of carbonyl (C=O) groups is 1. The van der Waals surface area contributed by atoms with Crippen molar-refractivity contribution in [3.8, 4) is 0 Å². The first-order chi connectivity index (χ1) is 13.3. The van der Waals surface area contributed by atoms with Gasteiger partial charge in [0.05, 0.1) is 0 Å². The van der Waals surface area contributed by atoms with Crippen LogP contribution in [0.15, 0.2) is 103 Å². The molecule has 0 atom stereocenters. The molecule has 1 heterocycles. The predicted octanol–water partition coefficient (Wildman–Crippen LogP) is 2.97. The molecule has 132 valence electrons. The Morgan fingerprint density at radius 2 is 1.19 bits per heavy atom. The molecular formula is C22H17NO2SSn. The average molecular weight is 478 g/mol. The Kier molecular flexibility index (Phi) is 5.36. The van der Waals surface area contributed by atoms with E-state index in [0.29, 0.717) is 5.01 Å². The zero-order chi connectivity index (χ0) is 18.5. The Balaban J connectivity index is 1.96. The summed E-state index contributed by atoms with van der Waals surface area (Å²) in [5.41, 5.74) is 0. The van der Waals surface area contributed by atoms with Crippen LogP contribution in [0.2, 0.25) is 0 Å². The number of hydrogen-bond acceptors (Lipinski definition) is 4. The summed E-state index contributed by atoms with van der Waals surface area (Å²) in [5.74, 6) is -0.350. The van der Waals surface area contributed by atoms with Gasteiger partial charge in [0.15, 0.2) is 0 Å². The van der Waals surface area contributed by atoms with E-state index in [1.54, 1.807) is 11.6 Å². The maximum absolute atomic E-state index is 13.0. The summed E-state index contributed by atoms with van der Waals surface area (Å²) < 4.78 is 9.73. The normalized spacial score (nSPS) is 11.1. The van der Waals surface area contributed by atoms with Crippen LogP contribution in [0.3, 0.4) is 0 Å². The van der Waals surface area contributed by atoms with E-state index in [-0.39, 0.29) is 5.97 Å². The summed E-state index contributed by atoms with van der Waals surface area (Å²) in [5, 5.41) is 2.18. The zero-order valence-electron chi connectivity index (χ0n) is 14.5. The van der Waals surface area contributed by atoms with E-state index in [9.17, 15) is 4.79 Å². The second kappa shape index (κ2) is 8.06. The van der Waals surface area contributed by atoms with Crippen molar-refractivity contribution in [2.75, 3.05) is 0 Å². The van der Waals surface area contributed by atoms with Crippen molar-refractivity contribution in [2.24, 2.45) is 0 Å². The van der Waals surface area contributed by atoms with E-state index in [1.807, 2.05) is 54.6 Å². The molecule has 0 aliphatic rings. The molecule has 0 saturated heterocycles. The molecule has 0 bridgehead atoms. The molecule has 5 heteroatoms. The van der Waals surface area contributed by atoms with Crippen LogP contribution >= 0.6 is 11.3 Å². The molecule has 27 heavy (non-hydrogen) atoms. The van der Waals surface area contributed by atoms with Crippen molar-refractivity contribution in [3.05, 3.63) is 108 Å². The first-order valence-electron chi connectivity index (χ1n) is 8.60. The molecule has 0 unspecified atom stereocenters. The SMILES string of the molecule is O=C([O][Sn]([c]1ccccc1)([c]1ccccc1)[c]1ccccc1)c1nccs1. The number of hydrogen-bond donors (Lipinski definition) is 0. The fourth-order valence-electron chi connectivity index (χ4n) is 3.20. The Labute approximate surface area is 166 Å². The van der Waals surface area contributed by atoms with Crippen LogP contribution in [-0.4, -0.2) is 29.7 Å². The first kappa shape index (κ1) is 17.9. The van der Waals surface area contributed by atoms with E-state index in [1.165, 1.54) is 11.3 Å². The zero-order valence-corrected chi connectivity index (χ0v) is 18.2. The van der Waals surface area contributed by atoms with Crippen LogP contribution in [0.5, 0.6) is 0 Å². The summed E-state index contributed by atoms with van der Waals surface area (Å²) in [6.45, 7) is 0. The van der Waals surface area contributed by atoms with Crippen molar-refractivity contribution in [1.82, 2.24) is 4.98 Å². The summed E-state index contributed by atoms with van der Waals surface area (Å²) >= 11 is -2.73. The van der Waals surface area contributed by atoms with Crippen LogP contribution in [0.25, 0.3) is 0 Å². The monoisotopic (exact) mass is 479 g/mol. The topological polar surface area (TPSA) is 39.2 Å². The molecule has 0 aliphatic carbocycles. The van der Waals surface area contributed by atoms with Gasteiger partial charge >= 0.3 is 167 Å². The first-order valence-corrected chi connectivity index (χ1v) is 14.9. The van der Waals surface area contributed by atoms with Crippen LogP contribution in [0.1, 0.15) is 9.80 Å². The number of rotatable bonds is 5. The standard InChI is InChI=1S/3C6H5.C4H3NO2S.Sn/c3*1-2-4-6-5-3-1;6-4(7)3-5-1-2-8-3;/h3*1-5H;1-2H,(H,6,7);/q;;;;+1/p-1. The third-order valence-corrected chi connectivity index (χ3v) is 16.4. The molecule has 0 aliphatic heterocycles. The van der Waals surface area contributed by atoms with Crippen molar-refractivity contribution < 1.29 is 7.87 Å². The molecule has 3 nitrogen and oxygen atoms in total. The molecule has 4 aromatic rings. The Bertz CT molecular complexity index is 909. The average Bonchev–Trinajstić information content (AvgIpc) is 3.29. The fraction of sp³-hybridized carbons (Fsp3) is 0. The van der Waals surface area contributed by atoms with Crippen molar-refractivity contribution in [3.63, 3.8) is 0 Å². The van der Waals surface area contributed by atoms with Gasteiger partial charge in [-0.1, -0.05) is 0 Å². The van der Waals surface area contributed by atoms with E-state index in [4.69, 9.17) is 3.07 Å². The molecule has 0 N–H and O–H groups in total. The summed E-state index contributed by atoms with van der Waals surface area (Å²) in [7, 11) is 0. The second-order valence-electron chi connectivity index (χ2n) is 6.01. The van der Waals surface area contributed by atoms with E-state index in [2.05, 4.69) is 41.4 Å². The molecule has 0 spiro atoms. The number of nitrogens with zero attached hydrogens (tertiary/aromatic N) is 1. The summed E-state index contributed by atoms with van der Waals surface area (Å²) in [4.78, 5) is 17.2. The maximum atomic E-state index is 13.0. The van der Waals surface area contributed by atoms with Crippen LogP contribution in [0, 0.1) is 0 Å². The molecular weight excluding hydrogens is 461 g/mol. The Morgan fingerprint density at radius 1 is 0.741 bits per heavy atom. The Morgan fingerprint density at radius 3 is 1.56 bits per heavy atom. The van der Waals surface area contributed by atoms with Gasteiger partial charge in [0.2, 0.25) is 0 Å². The van der Waals surface area contributed by atoms with Gasteiger partial charge in [0, 0.05) is 0 Å². The van der Waals surface area contributed by atoms with Gasteiger partial charge in [0.1, 0.15) is 0 Å². The molecule has 4 rings (SSSR count). The molecule has 1 aromatic heterocycles. The molecule has 0 radical (unpaired) electrons. The molecule has 3 aromatic carbocycles. The quantitative estimate of drug-likeness (QED) is 0.415. The molecule has 0 saturated carbocycles. The van der Waals surface area contributed by atoms with Gasteiger partial charge in [-0.2, -0.15) is 0 Å². The minimum atomic E-state index is -4.03. The fourth-order valence-corrected chi connectivity index (χ4v) is 14.5. The Hall–Kier alpha value is -2.44. The van der Waals surface area contributed by atoms with Crippen LogP contribution in [-0.2, 0) is 3.07 Å². The predicted molar refractivity (Wildman–Crippen MR) is 112 cm³/mol. The molecule has 0 amide bonds.